The molecule has 1 aliphatic rings. The molecule has 0 saturated carbocycles. The Labute approximate surface area is 303 Å². The summed E-state index contributed by atoms with van der Waals surface area (Å²) < 4.78 is 16.2. The summed E-state index contributed by atoms with van der Waals surface area (Å²) >= 11 is 17.7. The Bertz CT molecular complexity index is 2290. The highest BCUT2D eigenvalue weighted by Crippen LogP contribution is 2.35. The molecule has 0 aliphatic carbocycles. The molecule has 1 fully saturated rings. The number of ether oxygens (including phenoxy) is 1. The van der Waals surface area contributed by atoms with E-state index < -0.39 is 7.12 Å². The predicted octanol–water partition coefficient (Wildman–Crippen LogP) is 9.18. The second-order valence-corrected chi connectivity index (χ2v) is 11.7. The molecule has 9 nitrogen and oxygen atoms in total. The lowest BCUT2D eigenvalue weighted by atomic mass is 9.81. The SMILES string of the molecule is C.C1CCOC1.Clc1nc(-c2ccccc2)c2c(n1)oc1ccccc12.Clc1nc(Cl)c2c(n1)oc1ccccc12.OB(O)c1ccccc1. The van der Waals surface area contributed by atoms with Gasteiger partial charge in [-0.05, 0) is 53.6 Å². The monoisotopic (exact) mass is 728 g/mol. The first kappa shape index (κ1) is 36.7. The lowest BCUT2D eigenvalue weighted by Gasteiger charge is -2.02. The van der Waals surface area contributed by atoms with Crippen LogP contribution in [0.25, 0.3) is 55.4 Å². The molecule has 0 spiro atoms. The van der Waals surface area contributed by atoms with Crippen LogP contribution in [0.2, 0.25) is 15.7 Å². The van der Waals surface area contributed by atoms with Gasteiger partial charge in [0, 0.05) is 29.5 Å². The minimum atomic E-state index is -1.34. The van der Waals surface area contributed by atoms with E-state index in [1.165, 1.54) is 12.8 Å². The molecule has 0 atom stereocenters. The molecule has 2 N–H and O–H groups in total. The lowest BCUT2D eigenvalue weighted by molar-refractivity contribution is 0.198. The van der Waals surface area contributed by atoms with Gasteiger partial charge in [0.05, 0.1) is 16.5 Å². The Morgan fingerprint density at radius 3 is 1.56 bits per heavy atom. The van der Waals surface area contributed by atoms with Crippen LogP contribution >= 0.6 is 34.8 Å². The number of hydrogen-bond donors (Lipinski definition) is 2. The third-order valence-electron chi connectivity index (χ3n) is 7.35. The van der Waals surface area contributed by atoms with Crippen molar-refractivity contribution in [2.24, 2.45) is 0 Å². The van der Waals surface area contributed by atoms with Crippen molar-refractivity contribution in [1.82, 2.24) is 19.9 Å². The van der Waals surface area contributed by atoms with Crippen LogP contribution in [-0.2, 0) is 4.74 Å². The van der Waals surface area contributed by atoms with Gasteiger partial charge in [0.2, 0.25) is 22.0 Å². The van der Waals surface area contributed by atoms with Gasteiger partial charge in [0.25, 0.3) is 0 Å². The van der Waals surface area contributed by atoms with Gasteiger partial charge in [-0.1, -0.05) is 116 Å². The summed E-state index contributed by atoms with van der Waals surface area (Å²) in [5.41, 5.74) is 4.77. The van der Waals surface area contributed by atoms with Crippen LogP contribution in [0, 0.1) is 0 Å². The number of furan rings is 2. The highest BCUT2D eigenvalue weighted by atomic mass is 35.5. The van der Waals surface area contributed by atoms with Gasteiger partial charge in [-0.2, -0.15) is 9.97 Å². The number of benzene rings is 4. The van der Waals surface area contributed by atoms with Crippen molar-refractivity contribution < 1.29 is 23.6 Å². The van der Waals surface area contributed by atoms with Crippen molar-refractivity contribution in [3.05, 3.63) is 125 Å². The first-order valence-corrected chi connectivity index (χ1v) is 16.4. The van der Waals surface area contributed by atoms with Crippen molar-refractivity contribution in [3.8, 4) is 11.3 Å². The first-order chi connectivity index (χ1) is 23.9. The van der Waals surface area contributed by atoms with Crippen LogP contribution in [0.4, 0.5) is 0 Å². The first-order valence-electron chi connectivity index (χ1n) is 15.3. The maximum Gasteiger partial charge on any atom is 0.488 e. The molecule has 5 heterocycles. The summed E-state index contributed by atoms with van der Waals surface area (Å²) in [5.74, 6) is 0. The number of halogens is 3. The zero-order valence-electron chi connectivity index (χ0n) is 25.8. The largest absolute Gasteiger partial charge is 0.488 e. The molecule has 4 aromatic heterocycles. The Morgan fingerprint density at radius 1 is 0.560 bits per heavy atom. The highest BCUT2D eigenvalue weighted by molar-refractivity contribution is 6.58. The minimum Gasteiger partial charge on any atom is -0.438 e. The summed E-state index contributed by atoms with van der Waals surface area (Å²) in [4.78, 5) is 16.4. The molecule has 4 aromatic carbocycles. The molecule has 1 aliphatic heterocycles. The van der Waals surface area contributed by atoms with Crippen LogP contribution in [0.15, 0.2) is 118 Å². The normalized spacial score (nSPS) is 11.9. The lowest BCUT2D eigenvalue weighted by Crippen LogP contribution is -2.29. The molecular weight excluding hydrogens is 698 g/mol. The number of para-hydroxylation sites is 2. The Balaban J connectivity index is 0.000000142. The van der Waals surface area contributed by atoms with Crippen molar-refractivity contribution in [2.75, 3.05) is 13.2 Å². The number of hydrogen-bond acceptors (Lipinski definition) is 9. The number of fused-ring (bicyclic) bond motifs is 6. The van der Waals surface area contributed by atoms with Gasteiger partial charge >= 0.3 is 7.12 Å². The molecule has 0 unspecified atom stereocenters. The molecule has 50 heavy (non-hydrogen) atoms. The average Bonchev–Trinajstić information content (AvgIpc) is 3.89. The van der Waals surface area contributed by atoms with Gasteiger partial charge in [-0.25, -0.2) is 9.97 Å². The Hall–Kier alpha value is -4.55. The molecule has 0 radical (unpaired) electrons. The van der Waals surface area contributed by atoms with E-state index in [9.17, 15) is 0 Å². The van der Waals surface area contributed by atoms with E-state index in [2.05, 4.69) is 19.9 Å². The van der Waals surface area contributed by atoms with Crippen molar-refractivity contribution in [2.45, 2.75) is 20.3 Å². The maximum absolute atomic E-state index is 8.58. The zero-order chi connectivity index (χ0) is 34.2. The standard InChI is InChI=1S/C16H9ClN2O.C10H4Cl2N2O.C6H7BO2.C4H8O.CH4/c17-16-18-14(10-6-2-1-3-7-10)13-11-8-4-5-9-12(11)20-15(13)19-16;11-8-7-5-3-1-2-4-6(5)15-9(7)14-10(12)13-8;8-7(9)6-4-2-1-3-5-6;1-2-4-5-3-1;/h1-9H;1-4H;1-5,8-9H;1-4H2;1H4. The van der Waals surface area contributed by atoms with E-state index in [-0.39, 0.29) is 18.0 Å². The summed E-state index contributed by atoms with van der Waals surface area (Å²) in [7, 11) is -1.34. The van der Waals surface area contributed by atoms with Crippen LogP contribution < -0.4 is 5.46 Å². The predicted molar refractivity (Wildman–Crippen MR) is 202 cm³/mol. The molecule has 0 amide bonds. The Kier molecular flexibility index (Phi) is 12.8. The topological polar surface area (TPSA) is 128 Å². The molecular formula is C37H32BCl3N4O5. The Morgan fingerprint density at radius 2 is 1.04 bits per heavy atom. The highest BCUT2D eigenvalue weighted by Gasteiger charge is 2.16. The number of rotatable bonds is 2. The summed E-state index contributed by atoms with van der Waals surface area (Å²) in [5, 5.41) is 21.3. The molecule has 0 bridgehead atoms. The molecule has 1 saturated heterocycles. The van der Waals surface area contributed by atoms with Crippen LogP contribution in [-0.4, -0.2) is 50.3 Å². The van der Waals surface area contributed by atoms with Crippen molar-refractivity contribution in [3.63, 3.8) is 0 Å². The molecule has 254 valence electrons. The second kappa shape index (κ2) is 17.4. The number of aromatic nitrogens is 4. The van der Waals surface area contributed by atoms with Gasteiger partial charge in [-0.3, -0.25) is 0 Å². The summed E-state index contributed by atoms with van der Waals surface area (Å²) in [6, 6.07) is 33.9. The molecule has 9 rings (SSSR count). The van der Waals surface area contributed by atoms with Gasteiger partial charge in [0.15, 0.2) is 0 Å². The van der Waals surface area contributed by atoms with Crippen LogP contribution in [0.5, 0.6) is 0 Å². The fourth-order valence-corrected chi connectivity index (χ4v) is 5.72. The van der Waals surface area contributed by atoms with Gasteiger partial charge in [-0.15, -0.1) is 0 Å². The van der Waals surface area contributed by atoms with Crippen LogP contribution in [0.3, 0.4) is 0 Å². The van der Waals surface area contributed by atoms with Crippen molar-refractivity contribution >= 4 is 91.5 Å². The molecule has 13 heteroatoms. The van der Waals surface area contributed by atoms with Crippen molar-refractivity contribution in [1.29, 1.82) is 0 Å². The van der Waals surface area contributed by atoms with E-state index in [4.69, 9.17) is 58.4 Å². The molecule has 8 aromatic rings. The van der Waals surface area contributed by atoms with E-state index in [0.29, 0.717) is 27.4 Å². The smallest absolute Gasteiger partial charge is 0.438 e. The minimum absolute atomic E-state index is 0. The fourth-order valence-electron chi connectivity index (χ4n) is 5.09. The van der Waals surface area contributed by atoms with Gasteiger partial charge < -0.3 is 23.6 Å². The quantitative estimate of drug-likeness (QED) is 0.102. The van der Waals surface area contributed by atoms with Crippen LogP contribution in [0.1, 0.15) is 20.3 Å². The fraction of sp³-hybridized carbons (Fsp3) is 0.135. The summed E-state index contributed by atoms with van der Waals surface area (Å²) in [6.45, 7) is 2.00. The van der Waals surface area contributed by atoms with E-state index in [0.717, 1.165) is 51.8 Å². The van der Waals surface area contributed by atoms with E-state index >= 15 is 0 Å². The summed E-state index contributed by atoms with van der Waals surface area (Å²) in [6.07, 6.45) is 2.56. The zero-order valence-corrected chi connectivity index (χ0v) is 28.1. The maximum atomic E-state index is 8.58. The van der Waals surface area contributed by atoms with Gasteiger partial charge in [0.1, 0.15) is 16.3 Å². The third kappa shape index (κ3) is 8.78. The second-order valence-electron chi connectivity index (χ2n) is 10.7. The van der Waals surface area contributed by atoms with E-state index in [1.54, 1.807) is 24.3 Å². The number of nitrogens with zero attached hydrogens (tertiary/aromatic N) is 4. The third-order valence-corrected chi connectivity index (χ3v) is 7.96. The van der Waals surface area contributed by atoms with E-state index in [1.807, 2.05) is 84.9 Å². The average molecular weight is 730 g/mol.